The number of methoxy groups -OCH3 is 1. The van der Waals surface area contributed by atoms with Crippen molar-refractivity contribution in [1.82, 2.24) is 5.32 Å². The quantitative estimate of drug-likeness (QED) is 0.903. The molecule has 1 fully saturated rings. The molecule has 1 heterocycles. The summed E-state index contributed by atoms with van der Waals surface area (Å²) < 4.78 is 11.3. The normalized spacial score (nSPS) is 19.8. The second-order valence-corrected chi connectivity index (χ2v) is 5.94. The molecule has 1 atom stereocenters. The van der Waals surface area contributed by atoms with E-state index in [0.717, 1.165) is 38.0 Å². The van der Waals surface area contributed by atoms with Gasteiger partial charge in [-0.1, -0.05) is 29.3 Å². The molecule has 0 amide bonds. The van der Waals surface area contributed by atoms with E-state index >= 15 is 0 Å². The van der Waals surface area contributed by atoms with Crippen LogP contribution in [0.4, 0.5) is 0 Å². The summed E-state index contributed by atoms with van der Waals surface area (Å²) in [6.45, 7) is 1.45. The molecule has 2 rings (SSSR count). The van der Waals surface area contributed by atoms with Crippen molar-refractivity contribution in [3.63, 3.8) is 0 Å². The third-order valence-corrected chi connectivity index (χ3v) is 4.91. The van der Waals surface area contributed by atoms with Crippen LogP contribution in [0.2, 0.25) is 10.0 Å². The average molecular weight is 318 g/mol. The summed E-state index contributed by atoms with van der Waals surface area (Å²) in [6.07, 6.45) is 2.48. The Bertz CT molecular complexity index is 427. The van der Waals surface area contributed by atoms with Crippen LogP contribution in [-0.4, -0.2) is 39.0 Å². The molecule has 112 valence electrons. The minimum absolute atomic E-state index is 0.147. The Morgan fingerprint density at radius 1 is 1.30 bits per heavy atom. The van der Waals surface area contributed by atoms with Gasteiger partial charge in [0, 0.05) is 49.3 Å². The summed E-state index contributed by atoms with van der Waals surface area (Å²) >= 11 is 12.6. The number of likely N-dealkylation sites (N-methyl/N-ethyl adjacent to an activating group) is 1. The van der Waals surface area contributed by atoms with Crippen LogP contribution in [0.1, 0.15) is 18.4 Å². The van der Waals surface area contributed by atoms with Crippen LogP contribution in [-0.2, 0) is 15.9 Å². The molecule has 3 nitrogen and oxygen atoms in total. The Labute approximate surface area is 130 Å². The van der Waals surface area contributed by atoms with Crippen LogP contribution < -0.4 is 5.32 Å². The van der Waals surface area contributed by atoms with Crippen LogP contribution in [0, 0.1) is 0 Å². The molecule has 1 saturated heterocycles. The molecule has 20 heavy (non-hydrogen) atoms. The fraction of sp³-hybridized carbons (Fsp3) is 0.600. The van der Waals surface area contributed by atoms with Crippen molar-refractivity contribution in [3.05, 3.63) is 33.8 Å². The van der Waals surface area contributed by atoms with Crippen LogP contribution in [0.3, 0.4) is 0 Å². The number of benzene rings is 1. The fourth-order valence-corrected chi connectivity index (χ4v) is 3.45. The SMILES string of the molecule is CNC(Cc1c(Cl)cccc1Cl)C1(OC)CCOCC1. The molecule has 0 bridgehead atoms. The summed E-state index contributed by atoms with van der Waals surface area (Å²) in [5, 5.41) is 4.78. The lowest BCUT2D eigenvalue weighted by Crippen LogP contribution is -2.55. The molecule has 0 radical (unpaired) electrons. The summed E-state index contributed by atoms with van der Waals surface area (Å²) in [7, 11) is 3.72. The second-order valence-electron chi connectivity index (χ2n) is 5.13. The zero-order valence-electron chi connectivity index (χ0n) is 11.9. The molecule has 1 aliphatic rings. The summed E-state index contributed by atoms with van der Waals surface area (Å²) in [5.41, 5.74) is 0.744. The maximum atomic E-state index is 6.28. The first-order chi connectivity index (χ1) is 9.63. The predicted octanol–water partition coefficient (Wildman–Crippen LogP) is 3.32. The summed E-state index contributed by atoms with van der Waals surface area (Å²) in [6, 6.07) is 5.76. The van der Waals surface area contributed by atoms with E-state index in [1.807, 2.05) is 25.2 Å². The molecule has 0 aliphatic carbocycles. The van der Waals surface area contributed by atoms with Gasteiger partial charge in [-0.05, 0) is 31.2 Å². The number of nitrogens with one attached hydrogen (secondary N) is 1. The third-order valence-electron chi connectivity index (χ3n) is 4.20. The lowest BCUT2D eigenvalue weighted by atomic mass is 9.82. The molecular formula is C15H21Cl2NO2. The van der Waals surface area contributed by atoms with Crippen molar-refractivity contribution < 1.29 is 9.47 Å². The van der Waals surface area contributed by atoms with Crippen molar-refractivity contribution in [2.24, 2.45) is 0 Å². The molecular weight excluding hydrogens is 297 g/mol. The maximum absolute atomic E-state index is 6.28. The Morgan fingerprint density at radius 2 is 1.90 bits per heavy atom. The summed E-state index contributed by atoms with van der Waals surface area (Å²) in [5.74, 6) is 0. The molecule has 0 spiro atoms. The Balaban J connectivity index is 2.23. The Kier molecular flexibility index (Phi) is 5.70. The number of ether oxygens (including phenoxy) is 2. The third kappa shape index (κ3) is 3.29. The van der Waals surface area contributed by atoms with Crippen molar-refractivity contribution in [2.75, 3.05) is 27.4 Å². The molecule has 1 unspecified atom stereocenters. The van der Waals surface area contributed by atoms with Gasteiger partial charge in [-0.3, -0.25) is 0 Å². The largest absolute Gasteiger partial charge is 0.381 e. The van der Waals surface area contributed by atoms with E-state index in [1.54, 1.807) is 7.11 Å². The minimum atomic E-state index is -0.227. The van der Waals surface area contributed by atoms with Crippen molar-refractivity contribution >= 4 is 23.2 Å². The number of hydrogen-bond donors (Lipinski definition) is 1. The van der Waals surface area contributed by atoms with Gasteiger partial charge in [-0.15, -0.1) is 0 Å². The molecule has 0 aromatic heterocycles. The number of hydrogen-bond acceptors (Lipinski definition) is 3. The first kappa shape index (κ1) is 16.1. The lowest BCUT2D eigenvalue weighted by molar-refractivity contribution is -0.109. The van der Waals surface area contributed by atoms with Crippen molar-refractivity contribution in [2.45, 2.75) is 30.9 Å². The molecule has 1 aromatic carbocycles. The van der Waals surface area contributed by atoms with Gasteiger partial charge in [0.2, 0.25) is 0 Å². The highest BCUT2D eigenvalue weighted by molar-refractivity contribution is 6.36. The highest BCUT2D eigenvalue weighted by atomic mass is 35.5. The zero-order chi connectivity index (χ0) is 14.6. The minimum Gasteiger partial charge on any atom is -0.381 e. The van der Waals surface area contributed by atoms with E-state index in [1.165, 1.54) is 0 Å². The van der Waals surface area contributed by atoms with Crippen molar-refractivity contribution in [1.29, 1.82) is 0 Å². The van der Waals surface area contributed by atoms with Crippen LogP contribution in [0.25, 0.3) is 0 Å². The maximum Gasteiger partial charge on any atom is 0.0877 e. The van der Waals surface area contributed by atoms with Gasteiger partial charge >= 0.3 is 0 Å². The topological polar surface area (TPSA) is 30.5 Å². The van der Waals surface area contributed by atoms with E-state index in [-0.39, 0.29) is 11.6 Å². The number of halogens is 2. The first-order valence-electron chi connectivity index (χ1n) is 6.86. The zero-order valence-corrected chi connectivity index (χ0v) is 13.4. The first-order valence-corrected chi connectivity index (χ1v) is 7.61. The van der Waals surface area contributed by atoms with Crippen molar-refractivity contribution in [3.8, 4) is 0 Å². The van der Waals surface area contributed by atoms with Crippen LogP contribution >= 0.6 is 23.2 Å². The molecule has 0 saturated carbocycles. The standard InChI is InChI=1S/C15H21Cl2NO2/c1-18-14(15(19-2)6-8-20-9-7-15)10-11-12(16)4-3-5-13(11)17/h3-5,14,18H,6-10H2,1-2H3. The molecule has 1 aromatic rings. The van der Waals surface area contributed by atoms with Gasteiger partial charge in [0.1, 0.15) is 0 Å². The van der Waals surface area contributed by atoms with E-state index in [9.17, 15) is 0 Å². The van der Waals surface area contributed by atoms with E-state index in [0.29, 0.717) is 10.0 Å². The highest BCUT2D eigenvalue weighted by Crippen LogP contribution is 2.33. The number of rotatable bonds is 5. The predicted molar refractivity (Wildman–Crippen MR) is 82.8 cm³/mol. The second kappa shape index (κ2) is 7.10. The Morgan fingerprint density at radius 3 is 2.40 bits per heavy atom. The van der Waals surface area contributed by atoms with Gasteiger partial charge in [0.05, 0.1) is 5.60 Å². The van der Waals surface area contributed by atoms with Gasteiger partial charge in [-0.2, -0.15) is 0 Å². The molecule has 1 aliphatic heterocycles. The van der Waals surface area contributed by atoms with Crippen LogP contribution in [0.5, 0.6) is 0 Å². The summed E-state index contributed by atoms with van der Waals surface area (Å²) in [4.78, 5) is 0. The lowest BCUT2D eigenvalue weighted by Gasteiger charge is -2.42. The molecule has 1 N–H and O–H groups in total. The van der Waals surface area contributed by atoms with Gasteiger partial charge in [0.15, 0.2) is 0 Å². The monoisotopic (exact) mass is 317 g/mol. The van der Waals surface area contributed by atoms with Gasteiger partial charge in [-0.25, -0.2) is 0 Å². The van der Waals surface area contributed by atoms with Gasteiger partial charge in [0.25, 0.3) is 0 Å². The smallest absolute Gasteiger partial charge is 0.0877 e. The van der Waals surface area contributed by atoms with E-state index < -0.39 is 0 Å². The Hall–Kier alpha value is -0.320. The van der Waals surface area contributed by atoms with E-state index in [2.05, 4.69) is 5.32 Å². The molecule has 5 heteroatoms. The van der Waals surface area contributed by atoms with E-state index in [4.69, 9.17) is 32.7 Å². The highest BCUT2D eigenvalue weighted by Gasteiger charge is 2.40. The fourth-order valence-electron chi connectivity index (χ4n) is 2.89. The van der Waals surface area contributed by atoms with Crippen LogP contribution in [0.15, 0.2) is 18.2 Å². The average Bonchev–Trinajstić information content (AvgIpc) is 2.48. The van der Waals surface area contributed by atoms with Gasteiger partial charge < -0.3 is 14.8 Å².